The van der Waals surface area contributed by atoms with E-state index in [0.717, 1.165) is 10.7 Å². The van der Waals surface area contributed by atoms with Gasteiger partial charge in [0.1, 0.15) is 11.4 Å². The van der Waals surface area contributed by atoms with Crippen LogP contribution in [0.4, 0.5) is 0 Å². The molecule has 0 fully saturated rings. The normalized spacial score (nSPS) is 10.5. The van der Waals surface area contributed by atoms with E-state index in [1.165, 1.54) is 0 Å². The number of benzene rings is 1. The van der Waals surface area contributed by atoms with Gasteiger partial charge in [0.15, 0.2) is 0 Å². The Labute approximate surface area is 102 Å². The number of hydrogen-bond acceptors (Lipinski definition) is 4. The maximum absolute atomic E-state index is 11.7. The smallest absolute Gasteiger partial charge is 0.275 e. The van der Waals surface area contributed by atoms with Crippen LogP contribution in [-0.2, 0) is 6.54 Å². The van der Waals surface area contributed by atoms with Crippen molar-refractivity contribution >= 4 is 11.6 Å². The minimum absolute atomic E-state index is 0.0383. The van der Waals surface area contributed by atoms with Crippen molar-refractivity contribution in [3.8, 4) is 11.4 Å². The first-order valence-electron chi connectivity index (χ1n) is 4.90. The topological polar surface area (TPSA) is 81.1 Å². The number of rotatable bonds is 2. The molecule has 1 heterocycles. The fourth-order valence-corrected chi connectivity index (χ4v) is 1.64. The maximum atomic E-state index is 11.7. The van der Waals surface area contributed by atoms with Gasteiger partial charge in [0.2, 0.25) is 0 Å². The largest absolute Gasteiger partial charge is 0.506 e. The number of aromatic nitrogens is 2. The lowest BCUT2D eigenvalue weighted by molar-refractivity contribution is 0.457. The minimum Gasteiger partial charge on any atom is -0.506 e. The molecule has 6 heteroatoms. The molecule has 3 N–H and O–H groups in total. The number of aromatic hydroxyl groups is 1. The molecule has 1 aromatic heterocycles. The van der Waals surface area contributed by atoms with E-state index in [1.54, 1.807) is 24.3 Å². The summed E-state index contributed by atoms with van der Waals surface area (Å²) in [7, 11) is 0. The first-order chi connectivity index (χ1) is 8.13. The Kier molecular flexibility index (Phi) is 3.12. The Morgan fingerprint density at radius 3 is 2.76 bits per heavy atom. The highest BCUT2D eigenvalue weighted by atomic mass is 35.5. The Bertz CT molecular complexity index is 610. The third-order valence-electron chi connectivity index (χ3n) is 2.26. The van der Waals surface area contributed by atoms with Crippen LogP contribution in [0.25, 0.3) is 5.69 Å². The van der Waals surface area contributed by atoms with Gasteiger partial charge >= 0.3 is 0 Å². The fourth-order valence-electron chi connectivity index (χ4n) is 1.42. The van der Waals surface area contributed by atoms with Gasteiger partial charge in [0.05, 0.1) is 10.7 Å². The van der Waals surface area contributed by atoms with Gasteiger partial charge in [-0.3, -0.25) is 4.79 Å². The Morgan fingerprint density at radius 2 is 2.12 bits per heavy atom. The number of nitrogens with zero attached hydrogens (tertiary/aromatic N) is 2. The zero-order valence-corrected chi connectivity index (χ0v) is 9.55. The summed E-state index contributed by atoms with van der Waals surface area (Å²) < 4.78 is 1.12. The zero-order valence-electron chi connectivity index (χ0n) is 8.80. The first-order valence-corrected chi connectivity index (χ1v) is 5.28. The van der Waals surface area contributed by atoms with Gasteiger partial charge in [0, 0.05) is 12.6 Å². The third kappa shape index (κ3) is 2.15. The molecular formula is C11H10ClN3O2. The summed E-state index contributed by atoms with van der Waals surface area (Å²) in [6, 6.07) is 7.87. The van der Waals surface area contributed by atoms with Crippen LogP contribution in [0.1, 0.15) is 5.69 Å². The second-order valence-electron chi connectivity index (χ2n) is 3.38. The van der Waals surface area contributed by atoms with Gasteiger partial charge in [-0.25, -0.2) is 0 Å². The van der Waals surface area contributed by atoms with Crippen molar-refractivity contribution in [3.05, 3.63) is 51.4 Å². The van der Waals surface area contributed by atoms with Gasteiger partial charge in [-0.2, -0.15) is 9.78 Å². The second kappa shape index (κ2) is 4.57. The quantitative estimate of drug-likeness (QED) is 0.836. The Balaban J connectivity index is 2.68. The van der Waals surface area contributed by atoms with E-state index in [-0.39, 0.29) is 18.0 Å². The summed E-state index contributed by atoms with van der Waals surface area (Å²) in [5.41, 5.74) is 5.64. The summed E-state index contributed by atoms with van der Waals surface area (Å²) in [4.78, 5) is 11.7. The molecule has 0 spiro atoms. The average molecular weight is 252 g/mol. The van der Waals surface area contributed by atoms with Crippen molar-refractivity contribution in [1.82, 2.24) is 9.78 Å². The minimum atomic E-state index is -0.465. The summed E-state index contributed by atoms with van der Waals surface area (Å²) in [5, 5.41) is 13.8. The molecule has 0 atom stereocenters. The molecule has 0 saturated heterocycles. The van der Waals surface area contributed by atoms with Crippen LogP contribution in [0.15, 0.2) is 35.1 Å². The van der Waals surface area contributed by atoms with Crippen LogP contribution >= 0.6 is 11.6 Å². The van der Waals surface area contributed by atoms with E-state index in [0.29, 0.717) is 10.7 Å². The summed E-state index contributed by atoms with van der Waals surface area (Å²) in [5.74, 6) is -0.208. The molecule has 2 rings (SSSR count). The summed E-state index contributed by atoms with van der Waals surface area (Å²) >= 11 is 5.97. The predicted octanol–water partition coefficient (Wildman–Crippen LogP) is 1.05. The number of para-hydroxylation sites is 1. The monoisotopic (exact) mass is 251 g/mol. The molecule has 0 aliphatic carbocycles. The lowest BCUT2D eigenvalue weighted by Crippen LogP contribution is -2.22. The molecule has 0 bridgehead atoms. The van der Waals surface area contributed by atoms with E-state index in [2.05, 4.69) is 5.10 Å². The number of nitrogens with two attached hydrogens (primary N) is 1. The number of halogens is 1. The molecule has 0 saturated carbocycles. The lowest BCUT2D eigenvalue weighted by atomic mass is 10.3. The highest BCUT2D eigenvalue weighted by Crippen LogP contribution is 2.18. The molecular weight excluding hydrogens is 242 g/mol. The second-order valence-corrected chi connectivity index (χ2v) is 3.79. The van der Waals surface area contributed by atoms with Crippen molar-refractivity contribution in [2.24, 2.45) is 5.73 Å². The SMILES string of the molecule is NCc1nn(-c2ccccc2Cl)c(=O)cc1O. The van der Waals surface area contributed by atoms with Crippen LogP contribution in [-0.4, -0.2) is 14.9 Å². The average Bonchev–Trinajstić information content (AvgIpc) is 2.31. The molecule has 2 aromatic rings. The van der Waals surface area contributed by atoms with Crippen LogP contribution in [0.3, 0.4) is 0 Å². The van der Waals surface area contributed by atoms with Crippen LogP contribution in [0.2, 0.25) is 5.02 Å². The Morgan fingerprint density at radius 1 is 1.41 bits per heavy atom. The fraction of sp³-hybridized carbons (Fsp3) is 0.0909. The molecule has 0 aliphatic rings. The zero-order chi connectivity index (χ0) is 12.4. The standard InChI is InChI=1S/C11H10ClN3O2/c12-7-3-1-2-4-9(7)15-11(17)5-10(16)8(6-13)14-15/h1-5,16H,6,13H2. The first kappa shape index (κ1) is 11.6. The molecule has 0 aliphatic heterocycles. The van der Waals surface area contributed by atoms with Gasteiger partial charge in [-0.05, 0) is 12.1 Å². The molecule has 1 aromatic carbocycles. The van der Waals surface area contributed by atoms with Crippen molar-refractivity contribution in [3.63, 3.8) is 0 Å². The van der Waals surface area contributed by atoms with Gasteiger partial charge in [-0.1, -0.05) is 23.7 Å². The summed E-state index contributed by atoms with van der Waals surface area (Å²) in [6.45, 7) is 0.0383. The van der Waals surface area contributed by atoms with E-state index in [4.69, 9.17) is 17.3 Å². The Hall–Kier alpha value is -1.85. The van der Waals surface area contributed by atoms with Gasteiger partial charge in [0.25, 0.3) is 5.56 Å². The van der Waals surface area contributed by atoms with E-state index >= 15 is 0 Å². The number of hydrogen-bond donors (Lipinski definition) is 2. The predicted molar refractivity (Wildman–Crippen MR) is 64.4 cm³/mol. The van der Waals surface area contributed by atoms with Crippen molar-refractivity contribution < 1.29 is 5.11 Å². The molecule has 0 radical (unpaired) electrons. The van der Waals surface area contributed by atoms with E-state index in [9.17, 15) is 9.90 Å². The summed E-state index contributed by atoms with van der Waals surface area (Å²) in [6.07, 6.45) is 0. The molecule has 0 amide bonds. The van der Waals surface area contributed by atoms with Crippen molar-refractivity contribution in [2.75, 3.05) is 0 Å². The highest BCUT2D eigenvalue weighted by Gasteiger charge is 2.09. The van der Waals surface area contributed by atoms with Crippen LogP contribution < -0.4 is 11.3 Å². The van der Waals surface area contributed by atoms with E-state index < -0.39 is 5.56 Å². The van der Waals surface area contributed by atoms with Gasteiger partial charge < -0.3 is 10.8 Å². The lowest BCUT2D eigenvalue weighted by Gasteiger charge is -2.08. The van der Waals surface area contributed by atoms with E-state index in [1.807, 2.05) is 0 Å². The van der Waals surface area contributed by atoms with Crippen molar-refractivity contribution in [2.45, 2.75) is 6.54 Å². The van der Waals surface area contributed by atoms with Gasteiger partial charge in [-0.15, -0.1) is 0 Å². The van der Waals surface area contributed by atoms with Crippen LogP contribution in [0.5, 0.6) is 5.75 Å². The molecule has 17 heavy (non-hydrogen) atoms. The highest BCUT2D eigenvalue weighted by molar-refractivity contribution is 6.32. The molecule has 5 nitrogen and oxygen atoms in total. The molecule has 0 unspecified atom stereocenters. The molecule has 88 valence electrons. The van der Waals surface area contributed by atoms with Crippen molar-refractivity contribution in [1.29, 1.82) is 0 Å². The third-order valence-corrected chi connectivity index (χ3v) is 2.58. The van der Waals surface area contributed by atoms with Crippen LogP contribution in [0, 0.1) is 0 Å². The maximum Gasteiger partial charge on any atom is 0.275 e.